The van der Waals surface area contributed by atoms with Gasteiger partial charge in [0.25, 0.3) is 0 Å². The zero-order valence-corrected chi connectivity index (χ0v) is 21.9. The summed E-state index contributed by atoms with van der Waals surface area (Å²) in [5.41, 5.74) is 5.06. The summed E-state index contributed by atoms with van der Waals surface area (Å²) in [7, 11) is 0. The van der Waals surface area contributed by atoms with Gasteiger partial charge in [-0.3, -0.25) is 0 Å². The van der Waals surface area contributed by atoms with Crippen molar-refractivity contribution in [3.05, 3.63) is 83.9 Å². The summed E-state index contributed by atoms with van der Waals surface area (Å²) >= 11 is 0. The minimum absolute atomic E-state index is 0. The largest absolute Gasteiger partial charge is 0.372 e. The predicted molar refractivity (Wildman–Crippen MR) is 147 cm³/mol. The van der Waals surface area contributed by atoms with E-state index in [0.29, 0.717) is 6.54 Å². The molecule has 0 spiro atoms. The number of benzene rings is 2. The van der Waals surface area contributed by atoms with Crippen LogP contribution >= 0.6 is 24.0 Å². The molecule has 1 atom stereocenters. The Balaban J connectivity index is 0.00000306. The molecule has 1 saturated heterocycles. The fraction of sp³-hybridized carbons (Fsp3) is 0.385. The van der Waals surface area contributed by atoms with E-state index in [2.05, 4.69) is 87.5 Å². The van der Waals surface area contributed by atoms with Crippen LogP contribution in [-0.2, 0) is 13.1 Å². The summed E-state index contributed by atoms with van der Waals surface area (Å²) in [4.78, 5) is 11.4. The first-order valence-corrected chi connectivity index (χ1v) is 11.6. The van der Waals surface area contributed by atoms with E-state index in [-0.39, 0.29) is 30.0 Å². The normalized spacial score (nSPS) is 14.6. The van der Waals surface area contributed by atoms with Gasteiger partial charge in [0, 0.05) is 44.3 Å². The average Bonchev–Trinajstić information content (AvgIpc) is 3.53. The van der Waals surface area contributed by atoms with Crippen LogP contribution in [-0.4, -0.2) is 35.1 Å². The van der Waals surface area contributed by atoms with Gasteiger partial charge >= 0.3 is 0 Å². The summed E-state index contributed by atoms with van der Waals surface area (Å²) in [6.07, 6.45) is 8.21. The van der Waals surface area contributed by atoms with E-state index < -0.39 is 0 Å². The molecule has 1 aliphatic rings. The molecule has 0 aliphatic carbocycles. The second-order valence-corrected chi connectivity index (χ2v) is 8.40. The van der Waals surface area contributed by atoms with Gasteiger partial charge in [0.15, 0.2) is 5.96 Å². The lowest BCUT2D eigenvalue weighted by Crippen LogP contribution is -2.38. The van der Waals surface area contributed by atoms with Crippen molar-refractivity contribution < 1.29 is 0 Å². The number of imidazole rings is 1. The molecule has 1 aliphatic heterocycles. The third kappa shape index (κ3) is 7.22. The molecule has 2 aromatic carbocycles. The van der Waals surface area contributed by atoms with Crippen LogP contribution in [0.15, 0.2) is 72.2 Å². The summed E-state index contributed by atoms with van der Waals surface area (Å²) in [5, 5.41) is 6.96. The first kappa shape index (κ1) is 25.1. The molecule has 0 saturated carbocycles. The third-order valence-electron chi connectivity index (χ3n) is 5.91. The van der Waals surface area contributed by atoms with E-state index in [9.17, 15) is 0 Å². The van der Waals surface area contributed by atoms with Crippen molar-refractivity contribution in [2.45, 2.75) is 45.8 Å². The van der Waals surface area contributed by atoms with Gasteiger partial charge in [0.1, 0.15) is 0 Å². The van der Waals surface area contributed by atoms with E-state index in [4.69, 9.17) is 4.99 Å². The van der Waals surface area contributed by atoms with Crippen LogP contribution in [0.1, 0.15) is 49.4 Å². The number of guanidine groups is 1. The fourth-order valence-electron chi connectivity index (χ4n) is 4.09. The van der Waals surface area contributed by atoms with Crippen molar-refractivity contribution in [1.29, 1.82) is 0 Å². The van der Waals surface area contributed by atoms with E-state index in [1.165, 1.54) is 35.2 Å². The van der Waals surface area contributed by atoms with Crippen LogP contribution in [0, 0.1) is 0 Å². The molecule has 6 nitrogen and oxygen atoms in total. The highest BCUT2D eigenvalue weighted by Gasteiger charge is 2.14. The standard InChI is InChI=1S/C26H34N6.HI/c1-3-28-26(29-18-22-9-11-23(12-10-22)19-31-16-13-27-20-31)30-21(2)24-7-6-8-25(17-24)32-14-4-5-15-32;/h6-13,16-17,20-21H,3-5,14-15,18-19H2,1-2H3,(H2,28,29,30);1H. The molecule has 176 valence electrons. The fourth-order valence-corrected chi connectivity index (χ4v) is 4.09. The molecule has 2 N–H and O–H groups in total. The number of hydrogen-bond donors (Lipinski definition) is 2. The van der Waals surface area contributed by atoms with E-state index >= 15 is 0 Å². The smallest absolute Gasteiger partial charge is 0.192 e. The monoisotopic (exact) mass is 558 g/mol. The van der Waals surface area contributed by atoms with E-state index in [0.717, 1.165) is 32.1 Å². The summed E-state index contributed by atoms with van der Waals surface area (Å²) in [6, 6.07) is 17.7. The minimum Gasteiger partial charge on any atom is -0.372 e. The molecule has 3 aromatic rings. The second-order valence-electron chi connectivity index (χ2n) is 8.40. The number of anilines is 1. The number of nitrogens with zero attached hydrogens (tertiary/aromatic N) is 4. The molecule has 0 amide bonds. The molecule has 1 fully saturated rings. The van der Waals surface area contributed by atoms with Gasteiger partial charge in [0.05, 0.1) is 18.9 Å². The summed E-state index contributed by atoms with van der Waals surface area (Å²) in [6.45, 7) is 8.92. The van der Waals surface area contributed by atoms with Crippen LogP contribution in [0.4, 0.5) is 5.69 Å². The minimum atomic E-state index is 0. The molecule has 0 radical (unpaired) electrons. The zero-order valence-electron chi connectivity index (χ0n) is 19.6. The maximum absolute atomic E-state index is 4.82. The van der Waals surface area contributed by atoms with E-state index in [1.807, 2.05) is 18.7 Å². The van der Waals surface area contributed by atoms with E-state index in [1.54, 1.807) is 0 Å². The van der Waals surface area contributed by atoms with Crippen molar-refractivity contribution in [3.8, 4) is 0 Å². The van der Waals surface area contributed by atoms with Gasteiger partial charge in [-0.1, -0.05) is 36.4 Å². The maximum Gasteiger partial charge on any atom is 0.192 e. The molecular weight excluding hydrogens is 523 g/mol. The van der Waals surface area contributed by atoms with Gasteiger partial charge < -0.3 is 20.1 Å². The second kappa shape index (κ2) is 12.6. The Morgan fingerprint density at radius 2 is 1.85 bits per heavy atom. The van der Waals surface area contributed by atoms with Crippen molar-refractivity contribution >= 4 is 35.6 Å². The Kier molecular flexibility index (Phi) is 9.60. The highest BCUT2D eigenvalue weighted by molar-refractivity contribution is 14.0. The Morgan fingerprint density at radius 1 is 1.09 bits per heavy atom. The van der Waals surface area contributed by atoms with Gasteiger partial charge in [-0.15, -0.1) is 24.0 Å². The quantitative estimate of drug-likeness (QED) is 0.233. The SMILES string of the molecule is CCNC(=NCc1ccc(Cn2ccnc2)cc1)NC(C)c1cccc(N2CCCC2)c1.I. The number of aromatic nitrogens is 2. The van der Waals surface area contributed by atoms with Crippen LogP contribution in [0.3, 0.4) is 0 Å². The van der Waals surface area contributed by atoms with Gasteiger partial charge in [-0.2, -0.15) is 0 Å². The van der Waals surface area contributed by atoms with Crippen LogP contribution in [0.5, 0.6) is 0 Å². The van der Waals surface area contributed by atoms with Gasteiger partial charge in [-0.05, 0) is 55.5 Å². The van der Waals surface area contributed by atoms with Crippen molar-refractivity contribution in [1.82, 2.24) is 20.2 Å². The highest BCUT2D eigenvalue weighted by atomic mass is 127. The number of halogens is 1. The Morgan fingerprint density at radius 3 is 2.55 bits per heavy atom. The lowest BCUT2D eigenvalue weighted by Gasteiger charge is -2.22. The Labute approximate surface area is 214 Å². The first-order valence-electron chi connectivity index (χ1n) is 11.6. The van der Waals surface area contributed by atoms with Crippen LogP contribution in [0.25, 0.3) is 0 Å². The highest BCUT2D eigenvalue weighted by Crippen LogP contribution is 2.24. The lowest BCUT2D eigenvalue weighted by molar-refractivity contribution is 0.686. The molecule has 0 bridgehead atoms. The Bertz CT molecular complexity index is 994. The first-order chi connectivity index (χ1) is 15.7. The number of hydrogen-bond acceptors (Lipinski definition) is 3. The molecule has 7 heteroatoms. The number of aliphatic imine (C=N–C) groups is 1. The van der Waals surface area contributed by atoms with Crippen LogP contribution in [0.2, 0.25) is 0 Å². The van der Waals surface area contributed by atoms with Crippen LogP contribution < -0.4 is 15.5 Å². The molecule has 33 heavy (non-hydrogen) atoms. The maximum atomic E-state index is 4.82. The van der Waals surface area contributed by atoms with Crippen molar-refractivity contribution in [2.24, 2.45) is 4.99 Å². The molecule has 4 rings (SSSR count). The Hall–Kier alpha value is -2.55. The molecular formula is C26H35IN6. The van der Waals surface area contributed by atoms with Gasteiger partial charge in [-0.25, -0.2) is 9.98 Å². The van der Waals surface area contributed by atoms with Crippen molar-refractivity contribution in [3.63, 3.8) is 0 Å². The molecule has 1 aromatic heterocycles. The summed E-state index contributed by atoms with van der Waals surface area (Å²) in [5.74, 6) is 0.842. The lowest BCUT2D eigenvalue weighted by atomic mass is 10.1. The molecule has 1 unspecified atom stereocenters. The van der Waals surface area contributed by atoms with Gasteiger partial charge in [0.2, 0.25) is 0 Å². The topological polar surface area (TPSA) is 57.5 Å². The van der Waals surface area contributed by atoms with Crippen molar-refractivity contribution in [2.75, 3.05) is 24.5 Å². The third-order valence-corrected chi connectivity index (χ3v) is 5.91. The zero-order chi connectivity index (χ0) is 22.2. The molecule has 2 heterocycles. The average molecular weight is 559 g/mol. The number of rotatable bonds is 8. The number of nitrogens with one attached hydrogen (secondary N) is 2. The summed E-state index contributed by atoms with van der Waals surface area (Å²) < 4.78 is 2.07. The predicted octanol–water partition coefficient (Wildman–Crippen LogP) is 4.97.